The van der Waals surface area contributed by atoms with Gasteiger partial charge < -0.3 is 10.1 Å². The number of hydrogen-bond donors (Lipinski definition) is 2. The molecule has 2 aromatic heterocycles. The number of rotatable bonds is 4. The van der Waals surface area contributed by atoms with Crippen LogP contribution in [0.25, 0.3) is 11.4 Å². The average Bonchev–Trinajstić information content (AvgIpc) is 3.11. The number of H-pyrrole nitrogens is 1. The van der Waals surface area contributed by atoms with Crippen molar-refractivity contribution in [1.82, 2.24) is 20.2 Å². The lowest BCUT2D eigenvalue weighted by molar-refractivity contribution is 0.102. The van der Waals surface area contributed by atoms with Crippen LogP contribution in [0.5, 0.6) is 5.88 Å². The molecular weight excluding hydrogens is 301 g/mol. The summed E-state index contributed by atoms with van der Waals surface area (Å²) in [5.74, 6) is -0.454. The second-order valence-corrected chi connectivity index (χ2v) is 4.54. The Bertz CT molecular complexity index is 836. The Morgan fingerprint density at radius 3 is 2.91 bits per heavy atom. The number of hydrogen-bond acceptors (Lipinski definition) is 5. The molecule has 0 fully saturated rings. The number of carbonyl (C=O) groups is 1. The van der Waals surface area contributed by atoms with Crippen LogP contribution in [-0.2, 0) is 0 Å². The fraction of sp³-hybridized carbons (Fsp3) is 0.0667. The fourth-order valence-corrected chi connectivity index (χ4v) is 2.03. The molecule has 1 amide bonds. The van der Waals surface area contributed by atoms with Crippen LogP contribution in [0.2, 0.25) is 0 Å². The number of ether oxygens (including phenoxy) is 1. The molecule has 23 heavy (non-hydrogen) atoms. The first kappa shape index (κ1) is 14.6. The Hall–Kier alpha value is -3.29. The van der Waals surface area contributed by atoms with E-state index in [2.05, 4.69) is 25.5 Å². The summed E-state index contributed by atoms with van der Waals surface area (Å²) in [6.07, 6.45) is 2.85. The van der Waals surface area contributed by atoms with Gasteiger partial charge >= 0.3 is 0 Å². The summed E-state index contributed by atoms with van der Waals surface area (Å²) >= 11 is 0. The fourth-order valence-electron chi connectivity index (χ4n) is 2.03. The van der Waals surface area contributed by atoms with Gasteiger partial charge in [0.15, 0.2) is 5.82 Å². The van der Waals surface area contributed by atoms with Crippen molar-refractivity contribution in [1.29, 1.82) is 0 Å². The molecule has 3 aromatic rings. The minimum absolute atomic E-state index is 0.0230. The highest BCUT2D eigenvalue weighted by Gasteiger charge is 2.15. The molecule has 2 heterocycles. The number of aromatic amines is 1. The third kappa shape index (κ3) is 3.00. The molecule has 0 bridgehead atoms. The van der Waals surface area contributed by atoms with Crippen molar-refractivity contribution in [3.8, 4) is 17.3 Å². The summed E-state index contributed by atoms with van der Waals surface area (Å²) in [6.45, 7) is 0. The van der Waals surface area contributed by atoms with Crippen LogP contribution >= 0.6 is 0 Å². The van der Waals surface area contributed by atoms with Gasteiger partial charge in [0.05, 0.1) is 12.8 Å². The number of nitrogens with one attached hydrogen (secondary N) is 2. The van der Waals surface area contributed by atoms with Crippen LogP contribution in [-0.4, -0.2) is 33.2 Å². The lowest BCUT2D eigenvalue weighted by atomic mass is 10.1. The molecule has 0 saturated heterocycles. The van der Waals surface area contributed by atoms with Crippen LogP contribution in [0.1, 0.15) is 10.4 Å². The van der Waals surface area contributed by atoms with Crippen molar-refractivity contribution < 1.29 is 13.9 Å². The van der Waals surface area contributed by atoms with E-state index >= 15 is 0 Å². The van der Waals surface area contributed by atoms with Crippen LogP contribution in [0.4, 0.5) is 10.1 Å². The van der Waals surface area contributed by atoms with Crippen LogP contribution in [0.15, 0.2) is 42.9 Å². The predicted octanol–water partition coefficient (Wildman–Crippen LogP) is 2.27. The summed E-state index contributed by atoms with van der Waals surface area (Å²) in [7, 11) is 1.41. The third-order valence-corrected chi connectivity index (χ3v) is 3.11. The molecule has 0 radical (unpaired) electrons. The van der Waals surface area contributed by atoms with Gasteiger partial charge in [-0.1, -0.05) is 0 Å². The van der Waals surface area contributed by atoms with Crippen molar-refractivity contribution in [3.05, 3.63) is 54.2 Å². The second kappa shape index (κ2) is 6.22. The van der Waals surface area contributed by atoms with Crippen LogP contribution in [0.3, 0.4) is 0 Å². The van der Waals surface area contributed by atoms with Gasteiger partial charge in [0.1, 0.15) is 17.7 Å². The standard InChI is InChI=1S/C15H12FN5O2/c1-23-15-10(3-2-6-17-15)14(22)20-12-7-9(4-5-11(12)16)13-18-8-19-21-13/h2-8H,1H3,(H,20,22)(H,18,19,21). The molecule has 0 saturated carbocycles. The minimum atomic E-state index is -0.565. The molecule has 2 N–H and O–H groups in total. The zero-order valence-electron chi connectivity index (χ0n) is 12.1. The minimum Gasteiger partial charge on any atom is -0.480 e. The van der Waals surface area contributed by atoms with E-state index in [1.807, 2.05) is 0 Å². The smallest absolute Gasteiger partial charge is 0.261 e. The normalized spacial score (nSPS) is 10.3. The van der Waals surface area contributed by atoms with Gasteiger partial charge in [0.2, 0.25) is 5.88 Å². The summed E-state index contributed by atoms with van der Waals surface area (Å²) in [6, 6.07) is 7.39. The van der Waals surface area contributed by atoms with E-state index in [1.54, 1.807) is 12.1 Å². The maximum atomic E-state index is 14.0. The maximum absolute atomic E-state index is 14.0. The first-order valence-electron chi connectivity index (χ1n) is 6.64. The van der Waals surface area contributed by atoms with Crippen molar-refractivity contribution in [2.75, 3.05) is 12.4 Å². The average molecular weight is 313 g/mol. The summed E-state index contributed by atoms with van der Waals surface area (Å²) in [5.41, 5.74) is 0.826. The van der Waals surface area contributed by atoms with Gasteiger partial charge in [-0.2, -0.15) is 5.10 Å². The Balaban J connectivity index is 1.90. The Morgan fingerprint density at radius 1 is 1.30 bits per heavy atom. The van der Waals surface area contributed by atoms with Crippen molar-refractivity contribution in [3.63, 3.8) is 0 Å². The number of halogens is 1. The molecule has 3 rings (SSSR count). The van der Waals surface area contributed by atoms with E-state index in [1.165, 1.54) is 37.8 Å². The first-order valence-corrected chi connectivity index (χ1v) is 6.64. The molecule has 0 atom stereocenters. The molecule has 0 spiro atoms. The van der Waals surface area contributed by atoms with E-state index < -0.39 is 11.7 Å². The zero-order chi connectivity index (χ0) is 16.2. The summed E-state index contributed by atoms with van der Waals surface area (Å²) < 4.78 is 19.0. The van der Waals surface area contributed by atoms with E-state index in [9.17, 15) is 9.18 Å². The van der Waals surface area contributed by atoms with Crippen molar-refractivity contribution in [2.45, 2.75) is 0 Å². The Morgan fingerprint density at radius 2 is 2.17 bits per heavy atom. The number of methoxy groups -OCH3 is 1. The topological polar surface area (TPSA) is 92.8 Å². The molecule has 7 nitrogen and oxygen atoms in total. The number of amides is 1. The highest BCUT2D eigenvalue weighted by Crippen LogP contribution is 2.23. The van der Waals surface area contributed by atoms with Crippen molar-refractivity contribution in [2.24, 2.45) is 0 Å². The number of anilines is 1. The van der Waals surface area contributed by atoms with E-state index in [-0.39, 0.29) is 17.1 Å². The second-order valence-electron chi connectivity index (χ2n) is 4.54. The molecule has 1 aromatic carbocycles. The SMILES string of the molecule is COc1ncccc1C(=O)Nc1cc(-c2ncn[nH]2)ccc1F. The predicted molar refractivity (Wildman–Crippen MR) is 80.5 cm³/mol. The molecule has 116 valence electrons. The van der Waals surface area contributed by atoms with Gasteiger partial charge in [0, 0.05) is 11.8 Å². The summed E-state index contributed by atoms with van der Waals surface area (Å²) in [5, 5.41) is 8.92. The molecule has 0 unspecified atom stereocenters. The monoisotopic (exact) mass is 313 g/mol. The molecule has 0 aliphatic heterocycles. The van der Waals surface area contributed by atoms with Gasteiger partial charge in [-0.3, -0.25) is 9.89 Å². The summed E-state index contributed by atoms with van der Waals surface area (Å²) in [4.78, 5) is 20.2. The number of benzene rings is 1. The van der Waals surface area contributed by atoms with Crippen molar-refractivity contribution >= 4 is 11.6 Å². The molecule has 8 heteroatoms. The maximum Gasteiger partial charge on any atom is 0.261 e. The lowest BCUT2D eigenvalue weighted by Gasteiger charge is -2.09. The zero-order valence-corrected chi connectivity index (χ0v) is 12.1. The Kier molecular flexibility index (Phi) is 3.96. The number of aromatic nitrogens is 4. The van der Waals surface area contributed by atoms with Gasteiger partial charge in [-0.15, -0.1) is 0 Å². The third-order valence-electron chi connectivity index (χ3n) is 3.11. The van der Waals surface area contributed by atoms with Gasteiger partial charge in [0.25, 0.3) is 5.91 Å². The number of carbonyl (C=O) groups excluding carboxylic acids is 1. The Labute approximate surface area is 130 Å². The van der Waals surface area contributed by atoms with E-state index in [4.69, 9.17) is 4.74 Å². The van der Waals surface area contributed by atoms with Gasteiger partial charge in [-0.25, -0.2) is 14.4 Å². The van der Waals surface area contributed by atoms with E-state index in [0.717, 1.165) is 0 Å². The van der Waals surface area contributed by atoms with Crippen LogP contribution in [0, 0.1) is 5.82 Å². The lowest BCUT2D eigenvalue weighted by Crippen LogP contribution is -2.14. The quantitative estimate of drug-likeness (QED) is 0.770. The molecule has 0 aliphatic carbocycles. The number of nitrogens with zero attached hydrogens (tertiary/aromatic N) is 3. The first-order chi connectivity index (χ1) is 11.2. The molecular formula is C15H12FN5O2. The molecule has 0 aliphatic rings. The largest absolute Gasteiger partial charge is 0.480 e. The van der Waals surface area contributed by atoms with Gasteiger partial charge in [-0.05, 0) is 30.3 Å². The highest BCUT2D eigenvalue weighted by atomic mass is 19.1. The van der Waals surface area contributed by atoms with Crippen LogP contribution < -0.4 is 10.1 Å². The van der Waals surface area contributed by atoms with E-state index in [0.29, 0.717) is 11.4 Å². The highest BCUT2D eigenvalue weighted by molar-refractivity contribution is 6.06. The number of pyridine rings is 1.